The SMILES string of the molecule is CC(C)(O)/C(=C\C[C@H]1C(=O)N(c2ccc(F)cc2)C1c1ccc(O)cc1)c1ccc(F)cc1. The maximum absolute atomic E-state index is 13.4. The van der Waals surface area contributed by atoms with Crippen LogP contribution in [0.4, 0.5) is 14.5 Å². The summed E-state index contributed by atoms with van der Waals surface area (Å²) in [5.74, 6) is -1.18. The van der Waals surface area contributed by atoms with Gasteiger partial charge in [0.05, 0.1) is 17.6 Å². The predicted octanol–water partition coefficient (Wildman–Crippen LogP) is 5.62. The van der Waals surface area contributed by atoms with Crippen LogP contribution >= 0.6 is 0 Å². The second kappa shape index (κ2) is 8.79. The number of β-lactam (4-membered cyclic amide) rings is 1. The molecule has 0 radical (unpaired) electrons. The Morgan fingerprint density at radius 3 is 2.03 bits per heavy atom. The van der Waals surface area contributed by atoms with Gasteiger partial charge in [-0.05, 0) is 85.5 Å². The fraction of sp³-hybridized carbons (Fsp3) is 0.222. The largest absolute Gasteiger partial charge is 0.508 e. The molecule has 1 aliphatic heterocycles. The first kappa shape index (κ1) is 22.7. The molecule has 6 heteroatoms. The monoisotopic (exact) mass is 449 g/mol. The topological polar surface area (TPSA) is 60.8 Å². The van der Waals surface area contributed by atoms with Crippen molar-refractivity contribution in [2.24, 2.45) is 5.92 Å². The van der Waals surface area contributed by atoms with E-state index < -0.39 is 11.5 Å². The number of rotatable bonds is 6. The van der Waals surface area contributed by atoms with Crippen molar-refractivity contribution in [3.63, 3.8) is 0 Å². The Morgan fingerprint density at radius 1 is 0.939 bits per heavy atom. The molecule has 2 N–H and O–H groups in total. The van der Waals surface area contributed by atoms with E-state index in [2.05, 4.69) is 0 Å². The first-order chi connectivity index (χ1) is 15.6. The van der Waals surface area contributed by atoms with Crippen LogP contribution in [0.5, 0.6) is 5.75 Å². The summed E-state index contributed by atoms with van der Waals surface area (Å²) in [6, 6.07) is 17.9. The number of anilines is 1. The first-order valence-corrected chi connectivity index (χ1v) is 10.7. The minimum Gasteiger partial charge on any atom is -0.508 e. The van der Waals surface area contributed by atoms with E-state index in [0.29, 0.717) is 23.2 Å². The third-order valence-corrected chi connectivity index (χ3v) is 5.94. The molecule has 1 aliphatic rings. The maximum atomic E-state index is 13.4. The highest BCUT2D eigenvalue weighted by molar-refractivity contribution is 6.03. The van der Waals surface area contributed by atoms with Gasteiger partial charge in [0.15, 0.2) is 0 Å². The third-order valence-electron chi connectivity index (χ3n) is 5.94. The fourth-order valence-electron chi connectivity index (χ4n) is 4.32. The standard InChI is InChI=1S/C27H25F2NO3/c1-27(2,33)24(17-3-7-19(28)8-4-17)16-15-23-25(18-5-13-22(31)14-6-18)30(26(23)32)21-11-9-20(29)10-12-21/h3-14,16,23,25,31,33H,15H2,1-2H3/b24-16-/t23-,25?/m1/s1. The lowest BCUT2D eigenvalue weighted by molar-refractivity contribution is -0.130. The zero-order chi connectivity index (χ0) is 23.8. The van der Waals surface area contributed by atoms with Crippen LogP contribution in [0.3, 0.4) is 0 Å². The van der Waals surface area contributed by atoms with Gasteiger partial charge in [0.1, 0.15) is 17.4 Å². The number of hydrogen-bond acceptors (Lipinski definition) is 3. The Labute approximate surface area is 191 Å². The van der Waals surface area contributed by atoms with Gasteiger partial charge in [0.25, 0.3) is 0 Å². The van der Waals surface area contributed by atoms with Gasteiger partial charge in [-0.25, -0.2) is 8.78 Å². The second-order valence-corrected chi connectivity index (χ2v) is 8.75. The molecular weight excluding hydrogens is 424 g/mol. The lowest BCUT2D eigenvalue weighted by Gasteiger charge is -2.47. The fourth-order valence-corrected chi connectivity index (χ4v) is 4.32. The van der Waals surface area contributed by atoms with Gasteiger partial charge >= 0.3 is 0 Å². The Morgan fingerprint density at radius 2 is 1.48 bits per heavy atom. The van der Waals surface area contributed by atoms with Gasteiger partial charge in [0.2, 0.25) is 5.91 Å². The second-order valence-electron chi connectivity index (χ2n) is 8.75. The summed E-state index contributed by atoms with van der Waals surface area (Å²) in [6.45, 7) is 3.29. The minimum atomic E-state index is -1.20. The summed E-state index contributed by atoms with van der Waals surface area (Å²) in [5, 5.41) is 20.4. The molecule has 1 amide bonds. The Hall–Kier alpha value is -3.51. The van der Waals surface area contributed by atoms with Crippen LogP contribution in [0.2, 0.25) is 0 Å². The molecule has 2 atom stereocenters. The van der Waals surface area contributed by atoms with Crippen molar-refractivity contribution in [2.45, 2.75) is 31.9 Å². The molecule has 0 bridgehead atoms. The summed E-state index contributed by atoms with van der Waals surface area (Å²) in [6.07, 6.45) is 2.17. The quantitative estimate of drug-likeness (QED) is 0.480. The van der Waals surface area contributed by atoms with E-state index in [9.17, 15) is 23.8 Å². The number of hydrogen-bond donors (Lipinski definition) is 2. The summed E-state index contributed by atoms with van der Waals surface area (Å²) in [7, 11) is 0. The first-order valence-electron chi connectivity index (χ1n) is 10.7. The molecule has 4 nitrogen and oxygen atoms in total. The Balaban J connectivity index is 1.68. The highest BCUT2D eigenvalue weighted by Crippen LogP contribution is 2.46. The van der Waals surface area contributed by atoms with E-state index in [0.717, 1.165) is 5.56 Å². The maximum Gasteiger partial charge on any atom is 0.233 e. The van der Waals surface area contributed by atoms with Crippen LogP contribution in [-0.4, -0.2) is 21.7 Å². The number of allylic oxidation sites excluding steroid dienone is 1. The molecule has 0 spiro atoms. The number of nitrogens with zero attached hydrogens (tertiary/aromatic N) is 1. The molecule has 0 aromatic heterocycles. The number of halogens is 2. The molecule has 0 aliphatic carbocycles. The minimum absolute atomic E-state index is 0.120. The van der Waals surface area contributed by atoms with Crippen molar-refractivity contribution >= 4 is 17.2 Å². The van der Waals surface area contributed by atoms with Crippen molar-refractivity contribution in [3.05, 3.63) is 102 Å². The zero-order valence-electron chi connectivity index (χ0n) is 18.4. The lowest BCUT2D eigenvalue weighted by Crippen LogP contribution is -2.55. The Kier molecular flexibility index (Phi) is 6.04. The van der Waals surface area contributed by atoms with Crippen LogP contribution in [0.25, 0.3) is 5.57 Å². The van der Waals surface area contributed by atoms with Crippen LogP contribution in [-0.2, 0) is 4.79 Å². The van der Waals surface area contributed by atoms with Crippen LogP contribution < -0.4 is 4.90 Å². The van der Waals surface area contributed by atoms with Gasteiger partial charge in [-0.2, -0.15) is 0 Å². The molecular formula is C27H25F2NO3. The van der Waals surface area contributed by atoms with Crippen molar-refractivity contribution in [1.29, 1.82) is 0 Å². The summed E-state index contributed by atoms with van der Waals surface area (Å²) in [4.78, 5) is 14.8. The van der Waals surface area contributed by atoms with E-state index in [1.165, 1.54) is 24.3 Å². The molecule has 1 unspecified atom stereocenters. The van der Waals surface area contributed by atoms with Crippen molar-refractivity contribution in [2.75, 3.05) is 4.90 Å². The van der Waals surface area contributed by atoms with Gasteiger partial charge in [0, 0.05) is 5.69 Å². The Bertz CT molecular complexity index is 1160. The molecule has 0 saturated carbocycles. The highest BCUT2D eigenvalue weighted by atomic mass is 19.1. The molecule has 1 saturated heterocycles. The van der Waals surface area contributed by atoms with Crippen LogP contribution in [0.1, 0.15) is 37.4 Å². The molecule has 1 fully saturated rings. The van der Waals surface area contributed by atoms with E-state index in [4.69, 9.17) is 0 Å². The number of carbonyl (C=O) groups is 1. The van der Waals surface area contributed by atoms with Gasteiger partial charge in [-0.15, -0.1) is 0 Å². The predicted molar refractivity (Wildman–Crippen MR) is 124 cm³/mol. The number of aliphatic hydroxyl groups is 1. The molecule has 3 aromatic rings. The number of carbonyl (C=O) groups excluding carboxylic acids is 1. The van der Waals surface area contributed by atoms with Gasteiger partial charge in [-0.1, -0.05) is 30.3 Å². The van der Waals surface area contributed by atoms with Gasteiger partial charge < -0.3 is 15.1 Å². The van der Waals surface area contributed by atoms with E-state index in [1.54, 1.807) is 67.3 Å². The van der Waals surface area contributed by atoms with Crippen molar-refractivity contribution in [1.82, 2.24) is 0 Å². The van der Waals surface area contributed by atoms with Crippen LogP contribution in [0, 0.1) is 17.6 Å². The third kappa shape index (κ3) is 4.66. The summed E-state index contributed by atoms with van der Waals surface area (Å²) in [5.41, 5.74) is 1.49. The molecule has 1 heterocycles. The molecule has 33 heavy (non-hydrogen) atoms. The molecule has 4 rings (SSSR count). The van der Waals surface area contributed by atoms with E-state index in [1.807, 2.05) is 6.08 Å². The lowest BCUT2D eigenvalue weighted by atomic mass is 9.78. The number of phenolic OH excluding ortho intramolecular Hbond substituents is 1. The number of aromatic hydroxyl groups is 1. The highest BCUT2D eigenvalue weighted by Gasteiger charge is 2.48. The normalized spacial score (nSPS) is 18.9. The van der Waals surface area contributed by atoms with Crippen molar-refractivity contribution < 1.29 is 23.8 Å². The average Bonchev–Trinajstić information content (AvgIpc) is 2.77. The van der Waals surface area contributed by atoms with Gasteiger partial charge in [-0.3, -0.25) is 4.79 Å². The smallest absolute Gasteiger partial charge is 0.233 e. The summed E-state index contributed by atoms with van der Waals surface area (Å²) < 4.78 is 26.8. The molecule has 170 valence electrons. The number of phenols is 1. The average molecular weight is 449 g/mol. The number of benzene rings is 3. The number of amides is 1. The summed E-state index contributed by atoms with van der Waals surface area (Å²) >= 11 is 0. The zero-order valence-corrected chi connectivity index (χ0v) is 18.4. The van der Waals surface area contributed by atoms with E-state index in [-0.39, 0.29) is 29.3 Å². The molecule has 3 aromatic carbocycles. The van der Waals surface area contributed by atoms with Crippen LogP contribution in [0.15, 0.2) is 78.9 Å². The van der Waals surface area contributed by atoms with E-state index >= 15 is 0 Å². The van der Waals surface area contributed by atoms with Crippen molar-refractivity contribution in [3.8, 4) is 5.75 Å².